The minimum absolute atomic E-state index is 0.106. The average Bonchev–Trinajstić information content (AvgIpc) is 2.57. The van der Waals surface area contributed by atoms with Crippen molar-refractivity contribution in [3.8, 4) is 11.5 Å². The van der Waals surface area contributed by atoms with Crippen molar-refractivity contribution in [1.29, 1.82) is 0 Å². The first-order chi connectivity index (χ1) is 11.2. The van der Waals surface area contributed by atoms with E-state index in [0.717, 1.165) is 28.7 Å². The van der Waals surface area contributed by atoms with Crippen LogP contribution in [0.15, 0.2) is 40.3 Å². The molecule has 2 rings (SSSR count). The highest BCUT2D eigenvalue weighted by Crippen LogP contribution is 2.18. The van der Waals surface area contributed by atoms with Gasteiger partial charge in [0.05, 0.1) is 19.4 Å². The first-order valence-corrected chi connectivity index (χ1v) is 9.43. The van der Waals surface area contributed by atoms with E-state index in [-0.39, 0.29) is 5.56 Å². The molecule has 7 heteroatoms. The quantitative estimate of drug-likeness (QED) is 0.425. The lowest BCUT2D eigenvalue weighted by Gasteiger charge is -2.07. The molecule has 0 spiro atoms. The lowest BCUT2D eigenvalue weighted by molar-refractivity contribution is 0.342. The van der Waals surface area contributed by atoms with Crippen molar-refractivity contribution in [2.45, 2.75) is 17.8 Å². The van der Waals surface area contributed by atoms with Crippen LogP contribution in [-0.4, -0.2) is 35.2 Å². The molecule has 1 aromatic carbocycles. The van der Waals surface area contributed by atoms with Crippen LogP contribution in [0.25, 0.3) is 0 Å². The van der Waals surface area contributed by atoms with E-state index in [0.29, 0.717) is 17.5 Å². The second-order valence-electron chi connectivity index (χ2n) is 4.55. The Balaban J connectivity index is 1.81. The molecule has 1 N–H and O–H groups in total. The van der Waals surface area contributed by atoms with Crippen LogP contribution in [0.5, 0.6) is 11.5 Å². The van der Waals surface area contributed by atoms with Crippen molar-refractivity contribution in [3.63, 3.8) is 0 Å². The topological polar surface area (TPSA) is 64.2 Å². The predicted octanol–water partition coefficient (Wildman–Crippen LogP) is 3.20. The molecule has 0 saturated heterocycles. The molecule has 2 aromatic rings. The molecule has 124 valence electrons. The number of H-pyrrole nitrogens is 1. The Morgan fingerprint density at radius 2 is 1.96 bits per heavy atom. The molecule has 0 bridgehead atoms. The minimum Gasteiger partial charge on any atom is -0.497 e. The first-order valence-electron chi connectivity index (χ1n) is 7.29. The number of aromatic amines is 1. The molecule has 0 amide bonds. The molecule has 1 heterocycles. The molecule has 0 aliphatic rings. The average molecular weight is 352 g/mol. The fourth-order valence-electron chi connectivity index (χ4n) is 1.80. The number of methoxy groups -OCH3 is 1. The van der Waals surface area contributed by atoms with E-state index in [9.17, 15) is 4.79 Å². The molecule has 0 saturated carbocycles. The molecule has 0 aliphatic carbocycles. The van der Waals surface area contributed by atoms with Gasteiger partial charge in [-0.15, -0.1) is 0 Å². The summed E-state index contributed by atoms with van der Waals surface area (Å²) in [6, 6.07) is 9.01. The fraction of sp³-hybridized carbons (Fsp3) is 0.375. The van der Waals surface area contributed by atoms with Crippen LogP contribution < -0.4 is 15.0 Å². The maximum absolute atomic E-state index is 11.6. The fourth-order valence-corrected chi connectivity index (χ4v) is 3.08. The Hall–Kier alpha value is -1.60. The van der Waals surface area contributed by atoms with Gasteiger partial charge in [-0.1, -0.05) is 18.7 Å². The van der Waals surface area contributed by atoms with Crippen molar-refractivity contribution >= 4 is 23.5 Å². The zero-order valence-corrected chi connectivity index (χ0v) is 14.8. The van der Waals surface area contributed by atoms with Gasteiger partial charge in [0, 0.05) is 17.6 Å². The van der Waals surface area contributed by atoms with Gasteiger partial charge in [0.15, 0.2) is 5.16 Å². The highest BCUT2D eigenvalue weighted by atomic mass is 32.2. The summed E-state index contributed by atoms with van der Waals surface area (Å²) in [7, 11) is 1.63. The standard InChI is InChI=1S/C16H20N2O3S2/c1-3-22-11-12-10-15(19)18-16(17-12)23-9-8-21-14-6-4-13(20-2)5-7-14/h4-7,10H,3,8-9,11H2,1-2H3,(H,17,18,19). The molecular weight excluding hydrogens is 332 g/mol. The molecule has 0 radical (unpaired) electrons. The van der Waals surface area contributed by atoms with Gasteiger partial charge in [0.2, 0.25) is 0 Å². The van der Waals surface area contributed by atoms with E-state index in [1.165, 1.54) is 11.8 Å². The number of benzene rings is 1. The summed E-state index contributed by atoms with van der Waals surface area (Å²) in [4.78, 5) is 18.8. The summed E-state index contributed by atoms with van der Waals surface area (Å²) in [6.45, 7) is 2.62. The molecule has 0 atom stereocenters. The van der Waals surface area contributed by atoms with E-state index in [2.05, 4.69) is 16.9 Å². The van der Waals surface area contributed by atoms with Crippen LogP contribution >= 0.6 is 23.5 Å². The monoisotopic (exact) mass is 352 g/mol. The summed E-state index contributed by atoms with van der Waals surface area (Å²) >= 11 is 3.23. The van der Waals surface area contributed by atoms with Crippen LogP contribution in [0, 0.1) is 0 Å². The van der Waals surface area contributed by atoms with Crippen molar-refractivity contribution in [2.24, 2.45) is 0 Å². The third-order valence-electron chi connectivity index (χ3n) is 2.88. The predicted molar refractivity (Wildman–Crippen MR) is 95.9 cm³/mol. The Kier molecular flexibility index (Phi) is 7.35. The van der Waals surface area contributed by atoms with Crippen LogP contribution in [0.4, 0.5) is 0 Å². The van der Waals surface area contributed by atoms with Crippen LogP contribution in [-0.2, 0) is 5.75 Å². The summed E-state index contributed by atoms with van der Waals surface area (Å²) in [5.74, 6) is 4.07. The van der Waals surface area contributed by atoms with Gasteiger partial charge in [-0.3, -0.25) is 4.79 Å². The Morgan fingerprint density at radius 1 is 1.22 bits per heavy atom. The highest BCUT2D eigenvalue weighted by Gasteiger charge is 2.03. The lowest BCUT2D eigenvalue weighted by Crippen LogP contribution is -2.10. The molecule has 0 fully saturated rings. The smallest absolute Gasteiger partial charge is 0.251 e. The number of hydrogen-bond donors (Lipinski definition) is 1. The minimum atomic E-state index is -0.106. The Bertz CT molecular complexity index is 659. The van der Waals surface area contributed by atoms with Gasteiger partial charge in [0.1, 0.15) is 11.5 Å². The molecule has 5 nitrogen and oxygen atoms in total. The number of rotatable bonds is 9. The van der Waals surface area contributed by atoms with Crippen LogP contribution in [0.2, 0.25) is 0 Å². The number of thioether (sulfide) groups is 2. The zero-order valence-electron chi connectivity index (χ0n) is 13.2. The van der Waals surface area contributed by atoms with E-state index < -0.39 is 0 Å². The van der Waals surface area contributed by atoms with Crippen molar-refractivity contribution < 1.29 is 9.47 Å². The molecular formula is C16H20N2O3S2. The molecule has 23 heavy (non-hydrogen) atoms. The third kappa shape index (κ3) is 6.19. The summed E-state index contributed by atoms with van der Waals surface area (Å²) in [5, 5.41) is 0.641. The number of aromatic nitrogens is 2. The Labute approximate surface area is 144 Å². The van der Waals surface area contributed by atoms with E-state index in [4.69, 9.17) is 9.47 Å². The second-order valence-corrected chi connectivity index (χ2v) is 6.91. The third-order valence-corrected chi connectivity index (χ3v) is 4.62. The lowest BCUT2D eigenvalue weighted by atomic mass is 10.3. The van der Waals surface area contributed by atoms with Crippen LogP contribution in [0.3, 0.4) is 0 Å². The van der Waals surface area contributed by atoms with Gasteiger partial charge in [-0.25, -0.2) is 4.98 Å². The van der Waals surface area contributed by atoms with Gasteiger partial charge in [0.25, 0.3) is 5.56 Å². The highest BCUT2D eigenvalue weighted by molar-refractivity contribution is 7.99. The van der Waals surface area contributed by atoms with Gasteiger partial charge in [-0.2, -0.15) is 11.8 Å². The van der Waals surface area contributed by atoms with E-state index in [1.54, 1.807) is 24.9 Å². The normalized spacial score (nSPS) is 10.5. The van der Waals surface area contributed by atoms with Gasteiger partial charge >= 0.3 is 0 Å². The van der Waals surface area contributed by atoms with E-state index in [1.807, 2.05) is 24.3 Å². The maximum atomic E-state index is 11.6. The zero-order chi connectivity index (χ0) is 16.5. The number of nitrogens with zero attached hydrogens (tertiary/aromatic N) is 1. The van der Waals surface area contributed by atoms with Crippen LogP contribution in [0.1, 0.15) is 12.6 Å². The van der Waals surface area contributed by atoms with Crippen molar-refractivity contribution in [1.82, 2.24) is 9.97 Å². The summed E-state index contributed by atoms with van der Waals surface area (Å²) in [5.41, 5.74) is 0.712. The largest absolute Gasteiger partial charge is 0.497 e. The van der Waals surface area contributed by atoms with Gasteiger partial charge in [-0.05, 0) is 30.0 Å². The number of hydrogen-bond acceptors (Lipinski definition) is 6. The maximum Gasteiger partial charge on any atom is 0.251 e. The SMILES string of the molecule is CCSCc1cc(=O)[nH]c(SCCOc2ccc(OC)cc2)n1. The molecule has 0 unspecified atom stereocenters. The van der Waals surface area contributed by atoms with Gasteiger partial charge < -0.3 is 14.5 Å². The molecule has 1 aromatic heterocycles. The summed E-state index contributed by atoms with van der Waals surface area (Å²) in [6.07, 6.45) is 0. The van der Waals surface area contributed by atoms with Crippen molar-refractivity contribution in [3.05, 3.63) is 46.4 Å². The second kappa shape index (κ2) is 9.52. The molecule has 0 aliphatic heterocycles. The first kappa shape index (κ1) is 17.7. The van der Waals surface area contributed by atoms with Crippen molar-refractivity contribution in [2.75, 3.05) is 25.2 Å². The Morgan fingerprint density at radius 3 is 2.65 bits per heavy atom. The number of ether oxygens (including phenoxy) is 2. The number of nitrogens with one attached hydrogen (secondary N) is 1. The summed E-state index contributed by atoms with van der Waals surface area (Å²) < 4.78 is 10.8. The van der Waals surface area contributed by atoms with E-state index >= 15 is 0 Å².